The molecule has 0 radical (unpaired) electrons. The first kappa shape index (κ1) is 30.4. The van der Waals surface area contributed by atoms with Crippen LogP contribution in [0.4, 0.5) is 5.69 Å². The Balaban J connectivity index is 1.95. The molecule has 13 nitrogen and oxygen atoms in total. The zero-order valence-electron chi connectivity index (χ0n) is 22.7. The van der Waals surface area contributed by atoms with Gasteiger partial charge >= 0.3 is 5.97 Å². The molecule has 1 atom stereocenters. The number of H-pyrrole nitrogens is 1. The molecular weight excluding hydrogens is 578 g/mol. The summed E-state index contributed by atoms with van der Waals surface area (Å²) >= 11 is 6.07. The maximum absolute atomic E-state index is 14.3. The van der Waals surface area contributed by atoms with Crippen molar-refractivity contribution < 1.29 is 27.6 Å². The molecule has 1 unspecified atom stereocenters. The number of nitrogens with zero attached hydrogens (tertiary/aromatic N) is 3. The van der Waals surface area contributed by atoms with Crippen molar-refractivity contribution in [2.24, 2.45) is 0 Å². The van der Waals surface area contributed by atoms with Gasteiger partial charge in [0.05, 0.1) is 39.5 Å². The van der Waals surface area contributed by atoms with Crippen molar-refractivity contribution in [1.82, 2.24) is 20.2 Å². The summed E-state index contributed by atoms with van der Waals surface area (Å²) in [7, 11) is -4.43. The largest absolute Gasteiger partial charge is 0.493 e. The third kappa shape index (κ3) is 5.39. The molecule has 0 aliphatic carbocycles. The summed E-state index contributed by atoms with van der Waals surface area (Å²) in [5, 5.41) is 14.0. The molecule has 1 aliphatic rings. The second kappa shape index (κ2) is 12.1. The minimum Gasteiger partial charge on any atom is -0.493 e. The molecule has 2 heterocycles. The maximum Gasteiger partial charge on any atom is 0.344 e. The number of halogens is 1. The van der Waals surface area contributed by atoms with E-state index < -0.39 is 36.8 Å². The second-order valence-electron chi connectivity index (χ2n) is 9.26. The standard InChI is InChI=1S/C26H30ClN5O8S/c1-4-11-40-22-8-7-16(41(37,38)26(25(34)39-6-3)15-28-9-10-31(26)5-2)12-18(22)23-29-20-14-19(27)21(32(35)36)13-17(20)24(33)30-23/h7-8,12-14,28H,4-6,9-11,15H2,1-3H3,(H,29,30,33). The van der Waals surface area contributed by atoms with Crippen LogP contribution in [0.1, 0.15) is 27.2 Å². The minimum absolute atomic E-state index is 0.00826. The summed E-state index contributed by atoms with van der Waals surface area (Å²) in [6.45, 7) is 6.41. The Hall–Kier alpha value is -3.59. The summed E-state index contributed by atoms with van der Waals surface area (Å²) in [6, 6.07) is 6.30. The molecule has 2 N–H and O–H groups in total. The number of nitro groups is 1. The van der Waals surface area contributed by atoms with E-state index >= 15 is 0 Å². The van der Waals surface area contributed by atoms with Crippen LogP contribution in [0.3, 0.4) is 0 Å². The number of piperazine rings is 1. The highest BCUT2D eigenvalue weighted by atomic mass is 35.5. The first-order chi connectivity index (χ1) is 19.5. The van der Waals surface area contributed by atoms with Crippen LogP contribution >= 0.6 is 11.6 Å². The van der Waals surface area contributed by atoms with Gasteiger partial charge in [0, 0.05) is 25.7 Å². The van der Waals surface area contributed by atoms with E-state index in [0.29, 0.717) is 19.5 Å². The van der Waals surface area contributed by atoms with E-state index in [4.69, 9.17) is 21.1 Å². The number of benzene rings is 2. The van der Waals surface area contributed by atoms with Crippen molar-refractivity contribution in [1.29, 1.82) is 0 Å². The summed E-state index contributed by atoms with van der Waals surface area (Å²) in [6.07, 6.45) is 0.642. The lowest BCUT2D eigenvalue weighted by atomic mass is 10.1. The molecule has 1 aromatic heterocycles. The number of aromatic amines is 1. The van der Waals surface area contributed by atoms with Crippen LogP contribution in [0.15, 0.2) is 40.0 Å². The van der Waals surface area contributed by atoms with E-state index in [1.54, 1.807) is 18.7 Å². The molecule has 1 aliphatic heterocycles. The third-order valence-electron chi connectivity index (χ3n) is 6.80. The van der Waals surface area contributed by atoms with Gasteiger partial charge in [0.15, 0.2) is 0 Å². The number of rotatable bonds is 10. The SMILES string of the molecule is CCCOc1ccc(S(=O)(=O)C2(C(=O)OCC)CNCCN2CC)cc1-c1nc2cc(Cl)c([N+](=O)[O-])cc2c(=O)[nH]1. The van der Waals surface area contributed by atoms with Crippen LogP contribution in [0.25, 0.3) is 22.3 Å². The molecule has 0 amide bonds. The van der Waals surface area contributed by atoms with Gasteiger partial charge in [0.1, 0.15) is 16.6 Å². The highest BCUT2D eigenvalue weighted by Gasteiger charge is 2.58. The lowest BCUT2D eigenvalue weighted by Gasteiger charge is -2.43. The van der Waals surface area contributed by atoms with E-state index in [-0.39, 0.29) is 64.3 Å². The molecule has 4 rings (SSSR count). The Bertz CT molecular complexity index is 1660. The Kier molecular flexibility index (Phi) is 8.97. The van der Waals surface area contributed by atoms with Crippen molar-refractivity contribution >= 4 is 44.0 Å². The van der Waals surface area contributed by atoms with Gasteiger partial charge < -0.3 is 19.8 Å². The van der Waals surface area contributed by atoms with Crippen LogP contribution < -0.4 is 15.6 Å². The Labute approximate surface area is 240 Å². The number of sulfone groups is 1. The Morgan fingerprint density at radius 2 is 2.00 bits per heavy atom. The highest BCUT2D eigenvalue weighted by Crippen LogP contribution is 2.37. The van der Waals surface area contributed by atoms with Gasteiger partial charge in [-0.3, -0.25) is 19.8 Å². The number of nitrogens with one attached hydrogen (secondary N) is 2. The van der Waals surface area contributed by atoms with Gasteiger partial charge in [0.25, 0.3) is 11.2 Å². The number of hydrogen-bond acceptors (Lipinski definition) is 11. The fraction of sp³-hybridized carbons (Fsp3) is 0.423. The van der Waals surface area contributed by atoms with Crippen molar-refractivity contribution in [3.05, 3.63) is 55.8 Å². The molecule has 1 saturated heterocycles. The second-order valence-corrected chi connectivity index (χ2v) is 11.8. The summed E-state index contributed by atoms with van der Waals surface area (Å²) < 4.78 is 39.8. The van der Waals surface area contributed by atoms with Crippen molar-refractivity contribution in [3.8, 4) is 17.1 Å². The third-order valence-corrected chi connectivity index (χ3v) is 9.44. The summed E-state index contributed by atoms with van der Waals surface area (Å²) in [5.74, 6) is -0.703. The van der Waals surface area contributed by atoms with Gasteiger partial charge in [-0.2, -0.15) is 0 Å². The average molecular weight is 608 g/mol. The number of likely N-dealkylation sites (N-methyl/N-ethyl adjacent to an activating group) is 1. The monoisotopic (exact) mass is 607 g/mol. The molecule has 15 heteroatoms. The van der Waals surface area contributed by atoms with Crippen molar-refractivity contribution in [2.45, 2.75) is 37.0 Å². The first-order valence-corrected chi connectivity index (χ1v) is 14.9. The lowest BCUT2D eigenvalue weighted by Crippen LogP contribution is -2.69. The van der Waals surface area contributed by atoms with Crippen molar-refractivity contribution in [3.63, 3.8) is 0 Å². The Morgan fingerprint density at radius 1 is 1.24 bits per heavy atom. The molecular formula is C26H30ClN5O8S. The molecule has 41 heavy (non-hydrogen) atoms. The molecule has 0 spiro atoms. The quantitative estimate of drug-likeness (QED) is 0.197. The van der Waals surface area contributed by atoms with Crippen LogP contribution in [0.2, 0.25) is 5.02 Å². The molecule has 0 saturated carbocycles. The van der Waals surface area contributed by atoms with E-state index in [0.717, 1.165) is 6.07 Å². The number of aromatic nitrogens is 2. The van der Waals surface area contributed by atoms with Gasteiger partial charge in [-0.1, -0.05) is 25.4 Å². The number of hydrogen-bond donors (Lipinski definition) is 2. The number of ether oxygens (including phenoxy) is 2. The van der Waals surface area contributed by atoms with Crippen molar-refractivity contribution in [2.75, 3.05) is 39.4 Å². The molecule has 0 bridgehead atoms. The molecule has 220 valence electrons. The molecule has 2 aromatic carbocycles. The number of fused-ring (bicyclic) bond motifs is 1. The lowest BCUT2D eigenvalue weighted by molar-refractivity contribution is -0.384. The van der Waals surface area contributed by atoms with Gasteiger partial charge in [-0.05, 0) is 44.2 Å². The number of carbonyl (C=O) groups is 1. The molecule has 1 fully saturated rings. The highest BCUT2D eigenvalue weighted by molar-refractivity contribution is 7.93. The maximum atomic E-state index is 14.3. The number of esters is 1. The summed E-state index contributed by atoms with van der Waals surface area (Å²) in [5.41, 5.74) is -0.953. The predicted octanol–water partition coefficient (Wildman–Crippen LogP) is 2.90. The summed E-state index contributed by atoms with van der Waals surface area (Å²) in [4.78, 5) is 43.3. The van der Waals surface area contributed by atoms with E-state index in [1.807, 2.05) is 6.92 Å². The number of nitro benzene ring substituents is 1. The fourth-order valence-electron chi connectivity index (χ4n) is 4.81. The van der Waals surface area contributed by atoms with Crippen LogP contribution in [0, 0.1) is 10.1 Å². The van der Waals surface area contributed by atoms with Gasteiger partial charge in [-0.15, -0.1) is 0 Å². The fourth-order valence-corrected chi connectivity index (χ4v) is 7.08. The number of carbonyl (C=O) groups excluding carboxylic acids is 1. The predicted molar refractivity (Wildman–Crippen MR) is 152 cm³/mol. The van der Waals surface area contributed by atoms with E-state index in [9.17, 15) is 28.1 Å². The van der Waals surface area contributed by atoms with Gasteiger partial charge in [-0.25, -0.2) is 18.2 Å². The zero-order valence-corrected chi connectivity index (χ0v) is 24.3. The topological polar surface area (TPSA) is 174 Å². The van der Waals surface area contributed by atoms with E-state index in [2.05, 4.69) is 15.3 Å². The van der Waals surface area contributed by atoms with Crippen LogP contribution in [-0.2, 0) is 19.4 Å². The normalized spacial score (nSPS) is 17.9. The zero-order chi connectivity index (χ0) is 29.9. The minimum atomic E-state index is -4.43. The molecule has 3 aromatic rings. The smallest absolute Gasteiger partial charge is 0.344 e. The van der Waals surface area contributed by atoms with Gasteiger partial charge in [0.2, 0.25) is 14.7 Å². The first-order valence-electron chi connectivity index (χ1n) is 13.0. The Morgan fingerprint density at radius 3 is 2.66 bits per heavy atom. The average Bonchev–Trinajstić information content (AvgIpc) is 2.95. The van der Waals surface area contributed by atoms with E-state index in [1.165, 1.54) is 24.3 Å². The van der Waals surface area contributed by atoms with Crippen LogP contribution in [-0.4, -0.2) is 78.4 Å². The van der Waals surface area contributed by atoms with Crippen LogP contribution in [0.5, 0.6) is 5.75 Å².